The first-order valence-corrected chi connectivity index (χ1v) is 14.3. The van der Waals surface area contributed by atoms with Crippen molar-refractivity contribution < 1.29 is 24.3 Å². The van der Waals surface area contributed by atoms with E-state index in [-0.39, 0.29) is 41.0 Å². The number of amides is 4. The van der Waals surface area contributed by atoms with E-state index >= 15 is 0 Å². The molecule has 4 amide bonds. The summed E-state index contributed by atoms with van der Waals surface area (Å²) in [5.74, 6) is -2.02. The molecule has 0 aliphatic heterocycles. The van der Waals surface area contributed by atoms with Gasteiger partial charge in [0.05, 0.1) is 12.1 Å². The third kappa shape index (κ3) is 10.3. The number of benzene rings is 2. The molecule has 0 saturated carbocycles. The van der Waals surface area contributed by atoms with Crippen LogP contribution in [-0.2, 0) is 11.2 Å². The number of carbonyl (C=O) groups excluding carboxylic acids is 4. The Morgan fingerprint density at radius 1 is 0.902 bits per heavy atom. The molecule has 2 unspecified atom stereocenters. The van der Waals surface area contributed by atoms with Gasteiger partial charge >= 0.3 is 0 Å². The molecule has 2 aromatic carbocycles. The van der Waals surface area contributed by atoms with E-state index in [9.17, 15) is 24.3 Å². The van der Waals surface area contributed by atoms with Crippen LogP contribution < -0.4 is 16.5 Å². The van der Waals surface area contributed by atoms with Crippen LogP contribution in [-0.4, -0.2) is 77.0 Å². The molecular formula is C31H45N5O5. The fourth-order valence-corrected chi connectivity index (χ4v) is 4.36. The fraction of sp³-hybridized carbons (Fsp3) is 0.484. The van der Waals surface area contributed by atoms with Crippen molar-refractivity contribution in [3.8, 4) is 0 Å². The van der Waals surface area contributed by atoms with Gasteiger partial charge in [0.1, 0.15) is 0 Å². The molecule has 0 aliphatic rings. The van der Waals surface area contributed by atoms with Crippen molar-refractivity contribution >= 4 is 23.6 Å². The summed E-state index contributed by atoms with van der Waals surface area (Å²) in [6, 6.07) is 12.9. The zero-order valence-corrected chi connectivity index (χ0v) is 24.9. The minimum absolute atomic E-state index is 0.0441. The summed E-state index contributed by atoms with van der Waals surface area (Å²) in [6.07, 6.45) is 0.780. The molecular weight excluding hydrogens is 522 g/mol. The van der Waals surface area contributed by atoms with Gasteiger partial charge in [-0.05, 0) is 43.0 Å². The van der Waals surface area contributed by atoms with E-state index in [2.05, 4.69) is 10.7 Å². The van der Waals surface area contributed by atoms with Crippen LogP contribution in [0.2, 0.25) is 0 Å². The molecule has 10 nitrogen and oxygen atoms in total. The fourth-order valence-electron chi connectivity index (χ4n) is 4.36. The first-order chi connectivity index (χ1) is 19.5. The number of aliphatic hydroxyl groups excluding tert-OH is 1. The summed E-state index contributed by atoms with van der Waals surface area (Å²) in [5, 5.41) is 15.8. The molecule has 224 valence electrons. The highest BCUT2D eigenvalue weighted by Crippen LogP contribution is 2.16. The maximum Gasteiger partial charge on any atom is 0.253 e. The minimum atomic E-state index is -1.06. The number of hydrogen-bond acceptors (Lipinski definition) is 6. The highest BCUT2D eigenvalue weighted by atomic mass is 16.3. The predicted molar refractivity (Wildman–Crippen MR) is 159 cm³/mol. The largest absolute Gasteiger partial charge is 0.390 e. The van der Waals surface area contributed by atoms with Crippen molar-refractivity contribution in [3.63, 3.8) is 0 Å². The number of nitrogens with two attached hydrogens (primary N) is 1. The van der Waals surface area contributed by atoms with Gasteiger partial charge in [-0.1, -0.05) is 65.0 Å². The molecule has 2 rings (SSSR count). The molecule has 41 heavy (non-hydrogen) atoms. The molecule has 0 radical (unpaired) electrons. The van der Waals surface area contributed by atoms with E-state index in [0.29, 0.717) is 26.1 Å². The van der Waals surface area contributed by atoms with Crippen molar-refractivity contribution in [1.82, 2.24) is 20.7 Å². The average Bonchev–Trinajstić information content (AvgIpc) is 2.95. The molecule has 2 atom stereocenters. The SMILES string of the molecule is CCCN(CCC)C(=O)c1cc(C(N)=O)cc(C(=O)NC(Cc2ccccc2)C(O)CN(CC)NC(=O)C(C)C)c1. The first kappa shape index (κ1) is 33.4. The van der Waals surface area contributed by atoms with Gasteiger partial charge < -0.3 is 21.1 Å². The van der Waals surface area contributed by atoms with Crippen molar-refractivity contribution in [2.45, 2.75) is 66.0 Å². The first-order valence-electron chi connectivity index (χ1n) is 14.3. The molecule has 10 heteroatoms. The Hall–Kier alpha value is -3.76. The molecule has 0 fully saturated rings. The van der Waals surface area contributed by atoms with Crippen LogP contribution in [0.25, 0.3) is 0 Å². The van der Waals surface area contributed by atoms with Crippen LogP contribution in [0.3, 0.4) is 0 Å². The molecule has 0 saturated heterocycles. The zero-order chi connectivity index (χ0) is 30.5. The molecule has 0 bridgehead atoms. The highest BCUT2D eigenvalue weighted by molar-refractivity contribution is 6.04. The quantitative estimate of drug-likeness (QED) is 0.230. The number of nitrogens with zero attached hydrogens (tertiary/aromatic N) is 2. The number of carbonyl (C=O) groups is 4. The van der Waals surface area contributed by atoms with Crippen LogP contribution in [0, 0.1) is 5.92 Å². The monoisotopic (exact) mass is 567 g/mol. The van der Waals surface area contributed by atoms with E-state index in [0.717, 1.165) is 18.4 Å². The van der Waals surface area contributed by atoms with E-state index in [4.69, 9.17) is 5.73 Å². The van der Waals surface area contributed by atoms with Gasteiger partial charge in [0, 0.05) is 48.8 Å². The highest BCUT2D eigenvalue weighted by Gasteiger charge is 2.26. The summed E-state index contributed by atoms with van der Waals surface area (Å²) in [5.41, 5.74) is 9.57. The summed E-state index contributed by atoms with van der Waals surface area (Å²) in [6.45, 7) is 11.0. The van der Waals surface area contributed by atoms with Gasteiger partial charge in [-0.3, -0.25) is 24.6 Å². The number of rotatable bonds is 16. The van der Waals surface area contributed by atoms with Crippen molar-refractivity contribution in [1.29, 1.82) is 0 Å². The third-order valence-electron chi connectivity index (χ3n) is 6.66. The lowest BCUT2D eigenvalue weighted by molar-refractivity contribution is -0.129. The van der Waals surface area contributed by atoms with E-state index in [1.807, 2.05) is 51.1 Å². The summed E-state index contributed by atoms with van der Waals surface area (Å²) in [4.78, 5) is 52.9. The molecule has 2 aromatic rings. The number of hydrazine groups is 1. The maximum atomic E-state index is 13.6. The van der Waals surface area contributed by atoms with Gasteiger partial charge in [0.25, 0.3) is 11.8 Å². The summed E-state index contributed by atoms with van der Waals surface area (Å²) < 4.78 is 0. The lowest BCUT2D eigenvalue weighted by Gasteiger charge is -2.30. The van der Waals surface area contributed by atoms with Gasteiger partial charge in [0.2, 0.25) is 11.8 Å². The van der Waals surface area contributed by atoms with Crippen LogP contribution in [0.1, 0.15) is 84.1 Å². The second-order valence-corrected chi connectivity index (χ2v) is 10.5. The van der Waals surface area contributed by atoms with E-state index in [1.54, 1.807) is 23.8 Å². The zero-order valence-electron chi connectivity index (χ0n) is 24.9. The number of likely N-dealkylation sites (N-methyl/N-ethyl adjacent to an activating group) is 1. The Kier molecular flexibility index (Phi) is 13.5. The number of nitrogens with one attached hydrogen (secondary N) is 2. The van der Waals surface area contributed by atoms with Gasteiger partial charge in [0.15, 0.2) is 0 Å². The van der Waals surface area contributed by atoms with Crippen molar-refractivity contribution in [2.24, 2.45) is 11.7 Å². The van der Waals surface area contributed by atoms with Gasteiger partial charge in [-0.25, -0.2) is 5.01 Å². The summed E-state index contributed by atoms with van der Waals surface area (Å²) >= 11 is 0. The molecule has 5 N–H and O–H groups in total. The van der Waals surface area contributed by atoms with Crippen LogP contribution in [0.5, 0.6) is 0 Å². The lowest BCUT2D eigenvalue weighted by atomic mass is 9.99. The molecule has 0 aliphatic carbocycles. The number of hydrogen-bond donors (Lipinski definition) is 4. The Bertz CT molecular complexity index is 1160. The molecule has 0 aromatic heterocycles. The summed E-state index contributed by atoms with van der Waals surface area (Å²) in [7, 11) is 0. The normalized spacial score (nSPS) is 12.6. The molecule has 0 heterocycles. The third-order valence-corrected chi connectivity index (χ3v) is 6.66. The van der Waals surface area contributed by atoms with Gasteiger partial charge in [-0.2, -0.15) is 0 Å². The Labute approximate surface area is 243 Å². The van der Waals surface area contributed by atoms with E-state index in [1.165, 1.54) is 18.2 Å². The van der Waals surface area contributed by atoms with Crippen molar-refractivity contribution in [3.05, 3.63) is 70.8 Å². The standard InChI is InChI=1S/C31H45N5O5/c1-6-14-35(15-7-2)31(41)25-18-23(28(32)38)17-24(19-25)30(40)33-26(16-22-12-10-9-11-13-22)27(37)20-36(8-3)34-29(39)21(4)5/h9-13,17-19,21,26-27,37H,6-8,14-16,20H2,1-5H3,(H2,32,38)(H,33,40)(H,34,39). The lowest BCUT2D eigenvalue weighted by Crippen LogP contribution is -2.53. The smallest absolute Gasteiger partial charge is 0.253 e. The van der Waals surface area contributed by atoms with Gasteiger partial charge in [-0.15, -0.1) is 0 Å². The Balaban J connectivity index is 2.38. The van der Waals surface area contributed by atoms with Crippen LogP contribution >= 0.6 is 0 Å². The second-order valence-electron chi connectivity index (χ2n) is 10.5. The topological polar surface area (TPSA) is 145 Å². The Morgan fingerprint density at radius 3 is 2.02 bits per heavy atom. The van der Waals surface area contributed by atoms with Crippen LogP contribution in [0.4, 0.5) is 0 Å². The molecule has 0 spiro atoms. The minimum Gasteiger partial charge on any atom is -0.390 e. The maximum absolute atomic E-state index is 13.6. The predicted octanol–water partition coefficient (Wildman–Crippen LogP) is 2.76. The second kappa shape index (κ2) is 16.5. The van der Waals surface area contributed by atoms with Crippen molar-refractivity contribution in [2.75, 3.05) is 26.2 Å². The Morgan fingerprint density at radius 2 is 1.49 bits per heavy atom. The number of aliphatic hydroxyl groups is 1. The number of primary amides is 1. The van der Waals surface area contributed by atoms with E-state index < -0.39 is 24.0 Å². The van der Waals surface area contributed by atoms with Crippen LogP contribution in [0.15, 0.2) is 48.5 Å². The average molecular weight is 568 g/mol.